The van der Waals surface area contributed by atoms with Crippen LogP contribution in [-0.2, 0) is 11.3 Å². The maximum Gasteiger partial charge on any atom is 0.227 e. The van der Waals surface area contributed by atoms with Gasteiger partial charge < -0.3 is 10.6 Å². The second-order valence-electron chi connectivity index (χ2n) is 4.49. The van der Waals surface area contributed by atoms with Gasteiger partial charge in [-0.15, -0.1) is 0 Å². The molecule has 0 saturated heterocycles. The van der Waals surface area contributed by atoms with Crippen LogP contribution in [0.4, 0.5) is 4.39 Å². The molecule has 1 aromatic rings. The second-order valence-corrected chi connectivity index (χ2v) is 4.49. The summed E-state index contributed by atoms with van der Waals surface area (Å²) in [6.45, 7) is 3.00. The molecule has 2 N–H and O–H groups in total. The van der Waals surface area contributed by atoms with Crippen molar-refractivity contribution in [2.45, 2.75) is 25.9 Å². The van der Waals surface area contributed by atoms with E-state index in [4.69, 9.17) is 5.73 Å². The normalized spacial score (nSPS) is 22.3. The predicted octanol–water partition coefficient (Wildman–Crippen LogP) is 1.52. The van der Waals surface area contributed by atoms with E-state index < -0.39 is 0 Å². The zero-order chi connectivity index (χ0) is 12.4. The van der Waals surface area contributed by atoms with Crippen molar-refractivity contribution in [3.63, 3.8) is 0 Å². The van der Waals surface area contributed by atoms with Gasteiger partial charge in [0.15, 0.2) is 0 Å². The molecule has 0 aromatic heterocycles. The van der Waals surface area contributed by atoms with E-state index in [1.54, 1.807) is 11.0 Å². The van der Waals surface area contributed by atoms with Gasteiger partial charge in [0.2, 0.25) is 5.91 Å². The Morgan fingerprint density at radius 1 is 1.59 bits per heavy atom. The van der Waals surface area contributed by atoms with E-state index in [0.29, 0.717) is 13.1 Å². The Morgan fingerprint density at radius 2 is 2.29 bits per heavy atom. The fourth-order valence-electron chi connectivity index (χ4n) is 1.93. The number of hydrogen-bond acceptors (Lipinski definition) is 2. The van der Waals surface area contributed by atoms with Crippen molar-refractivity contribution >= 4 is 5.91 Å². The zero-order valence-electron chi connectivity index (χ0n) is 9.90. The van der Waals surface area contributed by atoms with Crippen molar-refractivity contribution in [3.05, 3.63) is 35.6 Å². The summed E-state index contributed by atoms with van der Waals surface area (Å²) in [5.74, 6) is -0.207. The Hall–Kier alpha value is -1.42. The van der Waals surface area contributed by atoms with Gasteiger partial charge in [0.05, 0.1) is 5.92 Å². The number of benzene rings is 1. The van der Waals surface area contributed by atoms with Crippen LogP contribution in [0.1, 0.15) is 18.9 Å². The number of carbonyl (C=O) groups is 1. The first kappa shape index (κ1) is 12.0. The monoisotopic (exact) mass is 236 g/mol. The Kier molecular flexibility index (Phi) is 3.43. The van der Waals surface area contributed by atoms with Crippen molar-refractivity contribution in [2.75, 3.05) is 6.54 Å². The molecule has 0 spiro atoms. The van der Waals surface area contributed by atoms with Gasteiger partial charge in [0, 0.05) is 19.1 Å². The number of nitrogens with two attached hydrogens (primary N) is 1. The first-order valence-corrected chi connectivity index (χ1v) is 5.90. The first-order chi connectivity index (χ1) is 8.11. The summed E-state index contributed by atoms with van der Waals surface area (Å²) in [6.07, 6.45) is 0.776. The molecule has 1 amide bonds. The lowest BCUT2D eigenvalue weighted by Crippen LogP contribution is -2.33. The van der Waals surface area contributed by atoms with E-state index in [1.165, 1.54) is 12.1 Å². The minimum absolute atomic E-state index is 0.0176. The number of halogens is 1. The summed E-state index contributed by atoms with van der Waals surface area (Å²) < 4.78 is 13.0. The summed E-state index contributed by atoms with van der Waals surface area (Å²) in [5, 5.41) is 0. The van der Waals surface area contributed by atoms with Gasteiger partial charge in [0.1, 0.15) is 5.82 Å². The highest BCUT2D eigenvalue weighted by molar-refractivity contribution is 5.82. The molecule has 92 valence electrons. The molecule has 2 unspecified atom stereocenters. The maximum atomic E-state index is 13.0. The van der Waals surface area contributed by atoms with Crippen LogP contribution < -0.4 is 5.73 Å². The molecule has 17 heavy (non-hydrogen) atoms. The van der Waals surface area contributed by atoms with Crippen LogP contribution in [0.3, 0.4) is 0 Å². The van der Waals surface area contributed by atoms with Crippen molar-refractivity contribution < 1.29 is 9.18 Å². The molecule has 2 rings (SSSR count). The van der Waals surface area contributed by atoms with E-state index >= 15 is 0 Å². The molecular formula is C13H17FN2O. The molecular weight excluding hydrogens is 219 g/mol. The van der Waals surface area contributed by atoms with Gasteiger partial charge in [-0.2, -0.15) is 0 Å². The topological polar surface area (TPSA) is 46.3 Å². The van der Waals surface area contributed by atoms with E-state index in [1.807, 2.05) is 13.0 Å². The number of hydrogen-bond donors (Lipinski definition) is 1. The first-order valence-electron chi connectivity index (χ1n) is 5.90. The number of carbonyl (C=O) groups excluding carboxylic acids is 1. The summed E-state index contributed by atoms with van der Waals surface area (Å²) in [4.78, 5) is 13.7. The van der Waals surface area contributed by atoms with Gasteiger partial charge in [-0.25, -0.2) is 4.39 Å². The van der Waals surface area contributed by atoms with Crippen LogP contribution >= 0.6 is 0 Å². The Bertz CT molecular complexity index is 422. The Labute approximate surface area is 100 Å². The van der Waals surface area contributed by atoms with E-state index in [0.717, 1.165) is 12.0 Å². The van der Waals surface area contributed by atoms with Crippen LogP contribution in [-0.4, -0.2) is 23.4 Å². The van der Waals surface area contributed by atoms with Crippen LogP contribution in [0, 0.1) is 11.7 Å². The Morgan fingerprint density at radius 3 is 2.82 bits per heavy atom. The van der Waals surface area contributed by atoms with Crippen molar-refractivity contribution in [2.24, 2.45) is 11.7 Å². The van der Waals surface area contributed by atoms with Gasteiger partial charge in [-0.1, -0.05) is 12.1 Å². The lowest BCUT2D eigenvalue weighted by atomic mass is 10.2. The minimum Gasteiger partial charge on any atom is -0.338 e. The summed E-state index contributed by atoms with van der Waals surface area (Å²) in [7, 11) is 0. The van der Waals surface area contributed by atoms with Gasteiger partial charge >= 0.3 is 0 Å². The van der Waals surface area contributed by atoms with Crippen LogP contribution in [0.25, 0.3) is 0 Å². The second kappa shape index (κ2) is 4.84. The van der Waals surface area contributed by atoms with Crippen molar-refractivity contribution in [3.8, 4) is 0 Å². The lowest BCUT2D eigenvalue weighted by Gasteiger charge is -2.21. The minimum atomic E-state index is -0.269. The van der Waals surface area contributed by atoms with E-state index in [9.17, 15) is 9.18 Å². The van der Waals surface area contributed by atoms with Crippen LogP contribution in [0.2, 0.25) is 0 Å². The number of rotatable bonds is 4. The summed E-state index contributed by atoms with van der Waals surface area (Å²) in [5.41, 5.74) is 6.48. The highest BCUT2D eigenvalue weighted by atomic mass is 19.1. The fourth-order valence-corrected chi connectivity index (χ4v) is 1.93. The molecule has 1 saturated carbocycles. The van der Waals surface area contributed by atoms with Gasteiger partial charge in [-0.05, 0) is 31.0 Å². The molecule has 0 bridgehead atoms. The third-order valence-corrected chi connectivity index (χ3v) is 3.11. The number of nitrogens with zero attached hydrogens (tertiary/aromatic N) is 1. The van der Waals surface area contributed by atoms with E-state index in [-0.39, 0.29) is 23.7 Å². The SMILES string of the molecule is CCN(Cc1cccc(F)c1)C(=O)C1CC1N. The molecule has 0 radical (unpaired) electrons. The molecule has 1 aliphatic rings. The smallest absolute Gasteiger partial charge is 0.227 e. The molecule has 1 aromatic carbocycles. The molecule has 0 aliphatic heterocycles. The van der Waals surface area contributed by atoms with Crippen LogP contribution in [0.5, 0.6) is 0 Å². The molecule has 1 fully saturated rings. The largest absolute Gasteiger partial charge is 0.338 e. The molecule has 1 aliphatic carbocycles. The molecule has 2 atom stereocenters. The van der Waals surface area contributed by atoms with Crippen LogP contribution in [0.15, 0.2) is 24.3 Å². The third-order valence-electron chi connectivity index (χ3n) is 3.11. The Balaban J connectivity index is 2.02. The lowest BCUT2D eigenvalue weighted by molar-refractivity contribution is -0.133. The zero-order valence-corrected chi connectivity index (χ0v) is 9.90. The van der Waals surface area contributed by atoms with E-state index in [2.05, 4.69) is 0 Å². The quantitative estimate of drug-likeness (QED) is 0.861. The van der Waals surface area contributed by atoms with Crippen molar-refractivity contribution in [1.82, 2.24) is 4.90 Å². The summed E-state index contributed by atoms with van der Waals surface area (Å²) in [6, 6.07) is 6.36. The highest BCUT2D eigenvalue weighted by Crippen LogP contribution is 2.30. The maximum absolute atomic E-state index is 13.0. The molecule has 4 heteroatoms. The standard InChI is InChI=1S/C13H17FN2O/c1-2-16(13(17)11-7-12(11)15)8-9-4-3-5-10(14)6-9/h3-6,11-12H,2,7-8,15H2,1H3. The fraction of sp³-hybridized carbons (Fsp3) is 0.462. The predicted molar refractivity (Wildman–Crippen MR) is 63.6 cm³/mol. The molecule has 3 nitrogen and oxygen atoms in total. The highest BCUT2D eigenvalue weighted by Gasteiger charge is 2.41. The number of amides is 1. The average molecular weight is 236 g/mol. The summed E-state index contributed by atoms with van der Waals surface area (Å²) >= 11 is 0. The van der Waals surface area contributed by atoms with Gasteiger partial charge in [0.25, 0.3) is 0 Å². The third kappa shape index (κ3) is 2.82. The molecule has 0 heterocycles. The van der Waals surface area contributed by atoms with Crippen molar-refractivity contribution in [1.29, 1.82) is 0 Å². The average Bonchev–Trinajstić information content (AvgIpc) is 3.02. The van der Waals surface area contributed by atoms with Gasteiger partial charge in [-0.3, -0.25) is 4.79 Å².